The van der Waals surface area contributed by atoms with E-state index in [4.69, 9.17) is 9.15 Å². The number of fused-ring (bicyclic) bond motifs is 1. The number of hydrogen-bond donors (Lipinski definition) is 1. The van der Waals surface area contributed by atoms with E-state index in [9.17, 15) is 9.90 Å². The van der Waals surface area contributed by atoms with Gasteiger partial charge in [0.1, 0.15) is 17.1 Å². The zero-order chi connectivity index (χ0) is 25.5. The van der Waals surface area contributed by atoms with E-state index in [0.717, 1.165) is 29.9 Å². The van der Waals surface area contributed by atoms with Gasteiger partial charge in [0.2, 0.25) is 0 Å². The molecule has 2 heterocycles. The fourth-order valence-corrected chi connectivity index (χ4v) is 4.98. The minimum Gasteiger partial charge on any atom is -0.487 e. The molecule has 1 aromatic heterocycles. The van der Waals surface area contributed by atoms with Crippen LogP contribution in [0.5, 0.6) is 5.75 Å². The van der Waals surface area contributed by atoms with Crippen molar-refractivity contribution in [1.82, 2.24) is 4.90 Å². The Morgan fingerprint density at radius 1 is 1.06 bits per heavy atom. The Morgan fingerprint density at radius 3 is 2.43 bits per heavy atom. The standard InChI is InChI=1S/C30H37NO4/c1-18-19(2)28-24(15-16-30(5,6)35-28)20(3)25(18)17-23-13-14-26(34-23)29(33)31(7)21(4)27(32)22-11-9-8-10-12-22/h8-14,21,27,32H,15-17H2,1-7H3/t21-,27-/m0/s1. The number of benzene rings is 2. The number of amides is 1. The van der Waals surface area contributed by atoms with Crippen molar-refractivity contribution in [2.24, 2.45) is 0 Å². The molecule has 4 rings (SSSR count). The van der Waals surface area contributed by atoms with Gasteiger partial charge in [0.25, 0.3) is 5.91 Å². The molecule has 0 fully saturated rings. The molecular formula is C30H37NO4. The molecule has 1 N–H and O–H groups in total. The highest BCUT2D eigenvalue weighted by atomic mass is 16.5. The van der Waals surface area contributed by atoms with E-state index in [-0.39, 0.29) is 17.3 Å². The predicted molar refractivity (Wildman–Crippen MR) is 138 cm³/mol. The number of likely N-dealkylation sites (N-methyl/N-ethyl adjacent to an activating group) is 1. The number of carbonyl (C=O) groups excluding carboxylic acids is 1. The summed E-state index contributed by atoms with van der Waals surface area (Å²) in [6, 6.07) is 12.6. The monoisotopic (exact) mass is 475 g/mol. The first kappa shape index (κ1) is 25.1. The van der Waals surface area contributed by atoms with Gasteiger partial charge in [-0.1, -0.05) is 30.3 Å². The summed E-state index contributed by atoms with van der Waals surface area (Å²) in [6.07, 6.45) is 1.82. The van der Waals surface area contributed by atoms with E-state index in [1.54, 1.807) is 18.0 Å². The van der Waals surface area contributed by atoms with Gasteiger partial charge in [-0.05, 0) is 99.9 Å². The smallest absolute Gasteiger partial charge is 0.289 e. The van der Waals surface area contributed by atoms with Crippen molar-refractivity contribution in [2.45, 2.75) is 78.6 Å². The number of nitrogens with zero attached hydrogens (tertiary/aromatic N) is 1. The molecule has 0 unspecified atom stereocenters. The molecule has 2 atom stereocenters. The molecule has 1 aliphatic heterocycles. The Hall–Kier alpha value is -3.05. The van der Waals surface area contributed by atoms with E-state index >= 15 is 0 Å². The number of furan rings is 1. The Bertz CT molecular complexity index is 1220. The molecule has 0 spiro atoms. The Balaban J connectivity index is 1.54. The van der Waals surface area contributed by atoms with Crippen LogP contribution in [0.4, 0.5) is 0 Å². The van der Waals surface area contributed by atoms with Crippen molar-refractivity contribution in [3.63, 3.8) is 0 Å². The van der Waals surface area contributed by atoms with Crippen molar-refractivity contribution >= 4 is 5.91 Å². The van der Waals surface area contributed by atoms with Crippen LogP contribution in [-0.2, 0) is 12.8 Å². The lowest BCUT2D eigenvalue weighted by Gasteiger charge is -2.35. The second kappa shape index (κ2) is 9.54. The normalized spacial score (nSPS) is 16.2. The lowest BCUT2D eigenvalue weighted by molar-refractivity contribution is 0.0460. The quantitative estimate of drug-likeness (QED) is 0.468. The lowest BCUT2D eigenvalue weighted by Crippen LogP contribution is -2.38. The van der Waals surface area contributed by atoms with Crippen LogP contribution in [0.1, 0.15) is 83.0 Å². The number of hydrogen-bond acceptors (Lipinski definition) is 4. The largest absolute Gasteiger partial charge is 0.487 e. The zero-order valence-electron chi connectivity index (χ0n) is 21.9. The SMILES string of the molecule is Cc1c(C)c2c(c(C)c1Cc1ccc(C(=O)N(C)[C@@H](C)[C@H](O)c3ccccc3)o1)CCC(C)(C)O2. The molecule has 0 aliphatic carbocycles. The summed E-state index contributed by atoms with van der Waals surface area (Å²) >= 11 is 0. The Morgan fingerprint density at radius 2 is 1.74 bits per heavy atom. The minimum absolute atomic E-state index is 0.147. The van der Waals surface area contributed by atoms with Gasteiger partial charge in [-0.2, -0.15) is 0 Å². The maximum absolute atomic E-state index is 13.1. The second-order valence-electron chi connectivity index (χ2n) is 10.5. The summed E-state index contributed by atoms with van der Waals surface area (Å²) in [6.45, 7) is 12.6. The number of carbonyl (C=O) groups is 1. The van der Waals surface area contributed by atoms with Crippen molar-refractivity contribution < 1.29 is 19.1 Å². The molecule has 0 saturated carbocycles. The molecule has 5 heteroatoms. The molecular weight excluding hydrogens is 438 g/mol. The number of aliphatic hydroxyl groups is 1. The van der Waals surface area contributed by atoms with E-state index in [1.165, 1.54) is 27.8 Å². The van der Waals surface area contributed by atoms with Crippen molar-refractivity contribution in [1.29, 1.82) is 0 Å². The van der Waals surface area contributed by atoms with Gasteiger partial charge in [-0.3, -0.25) is 4.79 Å². The average Bonchev–Trinajstić information content (AvgIpc) is 3.32. The van der Waals surface area contributed by atoms with Crippen LogP contribution in [-0.4, -0.2) is 34.6 Å². The highest BCUT2D eigenvalue weighted by Crippen LogP contribution is 2.41. The Labute approximate surface area is 208 Å². The lowest BCUT2D eigenvalue weighted by atomic mass is 9.84. The summed E-state index contributed by atoms with van der Waals surface area (Å²) in [5.41, 5.74) is 6.79. The number of rotatable bonds is 6. The average molecular weight is 476 g/mol. The van der Waals surface area contributed by atoms with E-state index in [2.05, 4.69) is 34.6 Å². The van der Waals surface area contributed by atoms with Crippen molar-refractivity contribution in [3.05, 3.63) is 87.4 Å². The number of aliphatic hydroxyl groups excluding tert-OH is 1. The first-order valence-electron chi connectivity index (χ1n) is 12.4. The Kier molecular flexibility index (Phi) is 6.83. The molecule has 35 heavy (non-hydrogen) atoms. The third kappa shape index (κ3) is 4.87. The fraction of sp³-hybridized carbons (Fsp3) is 0.433. The van der Waals surface area contributed by atoms with Crippen molar-refractivity contribution in [3.8, 4) is 5.75 Å². The van der Waals surface area contributed by atoms with Crippen LogP contribution >= 0.6 is 0 Å². The highest BCUT2D eigenvalue weighted by molar-refractivity contribution is 5.91. The summed E-state index contributed by atoms with van der Waals surface area (Å²) in [5, 5.41) is 10.7. The molecule has 186 valence electrons. The van der Waals surface area contributed by atoms with Gasteiger partial charge in [0, 0.05) is 13.5 Å². The maximum atomic E-state index is 13.1. The second-order valence-corrected chi connectivity index (χ2v) is 10.5. The van der Waals surface area contributed by atoms with Gasteiger partial charge in [0.15, 0.2) is 5.76 Å². The van der Waals surface area contributed by atoms with E-state index in [1.807, 2.05) is 43.3 Å². The van der Waals surface area contributed by atoms with Crippen LogP contribution in [0.2, 0.25) is 0 Å². The van der Waals surface area contributed by atoms with Gasteiger partial charge >= 0.3 is 0 Å². The van der Waals surface area contributed by atoms with Crippen LogP contribution < -0.4 is 4.74 Å². The molecule has 5 nitrogen and oxygen atoms in total. The van der Waals surface area contributed by atoms with Gasteiger partial charge in [-0.25, -0.2) is 0 Å². The van der Waals surface area contributed by atoms with Crippen molar-refractivity contribution in [2.75, 3.05) is 7.05 Å². The fourth-order valence-electron chi connectivity index (χ4n) is 4.98. The summed E-state index contributed by atoms with van der Waals surface area (Å²) in [5.74, 6) is 1.82. The topological polar surface area (TPSA) is 62.9 Å². The first-order chi connectivity index (χ1) is 16.5. The van der Waals surface area contributed by atoms with E-state index < -0.39 is 12.1 Å². The van der Waals surface area contributed by atoms with Gasteiger partial charge in [0.05, 0.1) is 12.1 Å². The molecule has 1 amide bonds. The van der Waals surface area contributed by atoms with Crippen LogP contribution in [0.15, 0.2) is 46.9 Å². The summed E-state index contributed by atoms with van der Waals surface area (Å²) < 4.78 is 12.4. The minimum atomic E-state index is -0.782. The molecule has 2 aromatic carbocycles. The molecule has 3 aromatic rings. The van der Waals surface area contributed by atoms with E-state index in [0.29, 0.717) is 6.42 Å². The molecule has 0 bridgehead atoms. The maximum Gasteiger partial charge on any atom is 0.289 e. The van der Waals surface area contributed by atoms with Crippen LogP contribution in [0, 0.1) is 20.8 Å². The third-order valence-electron chi connectivity index (χ3n) is 7.64. The predicted octanol–water partition coefficient (Wildman–Crippen LogP) is 6.09. The number of ether oxygens (including phenoxy) is 1. The van der Waals surface area contributed by atoms with Crippen LogP contribution in [0.3, 0.4) is 0 Å². The first-order valence-corrected chi connectivity index (χ1v) is 12.4. The molecule has 0 radical (unpaired) electrons. The molecule has 0 saturated heterocycles. The summed E-state index contributed by atoms with van der Waals surface area (Å²) in [4.78, 5) is 14.7. The molecule has 1 aliphatic rings. The third-order valence-corrected chi connectivity index (χ3v) is 7.64. The highest BCUT2D eigenvalue weighted by Gasteiger charge is 2.31. The zero-order valence-corrected chi connectivity index (χ0v) is 21.9. The van der Waals surface area contributed by atoms with Gasteiger partial charge in [-0.15, -0.1) is 0 Å². The van der Waals surface area contributed by atoms with Gasteiger partial charge < -0.3 is 19.2 Å². The van der Waals surface area contributed by atoms with Crippen LogP contribution in [0.25, 0.3) is 0 Å². The summed E-state index contributed by atoms with van der Waals surface area (Å²) in [7, 11) is 1.70.